The number of hydrogen-bond donors (Lipinski definition) is 2. The second-order valence-corrected chi connectivity index (χ2v) is 8.00. The van der Waals surface area contributed by atoms with Crippen LogP contribution in [0, 0.1) is 11.8 Å². The average Bonchev–Trinajstić information content (AvgIpc) is 3.21. The molecule has 0 spiro atoms. The molecule has 0 radical (unpaired) electrons. The number of hydrogen-bond acceptors (Lipinski definition) is 7. The van der Waals surface area contributed by atoms with Crippen molar-refractivity contribution in [2.75, 3.05) is 19.8 Å². The van der Waals surface area contributed by atoms with Gasteiger partial charge in [0.1, 0.15) is 5.60 Å². The molecule has 11 heteroatoms. The van der Waals surface area contributed by atoms with E-state index in [1.165, 1.54) is 13.0 Å². The predicted molar refractivity (Wildman–Crippen MR) is 88.8 cm³/mol. The van der Waals surface area contributed by atoms with Gasteiger partial charge in [0, 0.05) is 12.1 Å². The fourth-order valence-corrected chi connectivity index (χ4v) is 4.01. The van der Waals surface area contributed by atoms with Crippen LogP contribution in [0.5, 0.6) is 0 Å². The minimum Gasteiger partial charge on any atom is -0.462 e. The maximum atomic E-state index is 12.8. The molecule has 0 aliphatic carbocycles. The molecule has 10 nitrogen and oxygen atoms in total. The predicted octanol–water partition coefficient (Wildman–Crippen LogP) is -0.0863. The van der Waals surface area contributed by atoms with Gasteiger partial charge < -0.3 is 19.3 Å². The normalized spacial score (nSPS) is 31.5. The van der Waals surface area contributed by atoms with E-state index in [9.17, 15) is 18.9 Å². The number of amides is 2. The van der Waals surface area contributed by atoms with E-state index in [-0.39, 0.29) is 25.1 Å². The van der Waals surface area contributed by atoms with Crippen LogP contribution in [0.3, 0.4) is 0 Å². The molecule has 27 heavy (non-hydrogen) atoms. The minimum atomic E-state index is -4.76. The lowest BCUT2D eigenvalue weighted by Gasteiger charge is -2.28. The molecule has 0 aromatic carbocycles. The summed E-state index contributed by atoms with van der Waals surface area (Å²) in [5, 5.41) is 0. The van der Waals surface area contributed by atoms with Crippen molar-refractivity contribution in [1.29, 1.82) is 0 Å². The van der Waals surface area contributed by atoms with E-state index in [4.69, 9.17) is 19.3 Å². The third-order valence-electron chi connectivity index (χ3n) is 4.81. The standard InChI is InChI=1S/C16H20NO9P/c1-9(2)15(20)24-7-3-6-17-13(18)11-10-4-5-16(26-10,12(11)14(17)19)8-25-27(21,22)23/h4-5,10-12H,1,3,6-8H2,2H3,(H2,21,22,23). The zero-order valence-electron chi connectivity index (χ0n) is 14.6. The van der Waals surface area contributed by atoms with E-state index >= 15 is 0 Å². The molecule has 2 N–H and O–H groups in total. The number of carbonyl (C=O) groups is 3. The summed E-state index contributed by atoms with van der Waals surface area (Å²) in [6, 6.07) is 0. The Morgan fingerprint density at radius 1 is 1.41 bits per heavy atom. The van der Waals surface area contributed by atoms with E-state index in [2.05, 4.69) is 11.1 Å². The molecule has 148 valence electrons. The molecule has 2 fully saturated rings. The number of nitrogens with zero attached hydrogens (tertiary/aromatic N) is 1. The highest BCUT2D eigenvalue weighted by molar-refractivity contribution is 7.46. The first-order chi connectivity index (χ1) is 12.6. The zero-order valence-corrected chi connectivity index (χ0v) is 15.5. The van der Waals surface area contributed by atoms with Gasteiger partial charge >= 0.3 is 13.8 Å². The minimum absolute atomic E-state index is 0.0305. The van der Waals surface area contributed by atoms with Crippen LogP contribution in [0.4, 0.5) is 0 Å². The molecule has 4 atom stereocenters. The SMILES string of the molecule is C=C(C)C(=O)OCCCN1C(=O)C2C3C=CC(COP(=O)(O)O)(O3)C2C1=O. The third-order valence-corrected chi connectivity index (χ3v) is 5.28. The fraction of sp³-hybridized carbons (Fsp3) is 0.562. The van der Waals surface area contributed by atoms with Crippen LogP contribution in [-0.4, -0.2) is 63.9 Å². The van der Waals surface area contributed by atoms with Crippen LogP contribution < -0.4 is 0 Å². The van der Waals surface area contributed by atoms with Crippen LogP contribution in [-0.2, 0) is 32.9 Å². The summed E-state index contributed by atoms with van der Waals surface area (Å²) in [6.07, 6.45) is 2.75. The Morgan fingerprint density at radius 3 is 2.74 bits per heavy atom. The number of carbonyl (C=O) groups excluding carboxylic acids is 3. The van der Waals surface area contributed by atoms with Crippen molar-refractivity contribution in [1.82, 2.24) is 4.90 Å². The molecule has 3 aliphatic rings. The maximum Gasteiger partial charge on any atom is 0.469 e. The summed E-state index contributed by atoms with van der Waals surface area (Å²) in [5.74, 6) is -3.10. The smallest absolute Gasteiger partial charge is 0.462 e. The number of imide groups is 1. The van der Waals surface area contributed by atoms with Crippen LogP contribution >= 0.6 is 7.82 Å². The molecule has 0 saturated carbocycles. The van der Waals surface area contributed by atoms with E-state index < -0.39 is 55.8 Å². The molecule has 3 rings (SSSR count). The van der Waals surface area contributed by atoms with Crippen molar-refractivity contribution in [3.8, 4) is 0 Å². The van der Waals surface area contributed by atoms with Crippen molar-refractivity contribution < 1.29 is 42.7 Å². The molecule has 4 unspecified atom stereocenters. The molecule has 2 saturated heterocycles. The van der Waals surface area contributed by atoms with E-state index in [0.29, 0.717) is 0 Å². The average molecular weight is 401 g/mol. The fourth-order valence-electron chi connectivity index (χ4n) is 3.64. The van der Waals surface area contributed by atoms with Crippen molar-refractivity contribution in [2.24, 2.45) is 11.8 Å². The third kappa shape index (κ3) is 3.63. The van der Waals surface area contributed by atoms with Gasteiger partial charge in [0.25, 0.3) is 0 Å². The topological polar surface area (TPSA) is 140 Å². The van der Waals surface area contributed by atoms with Crippen LogP contribution in [0.1, 0.15) is 13.3 Å². The Kier molecular flexibility index (Phi) is 5.13. The number of phosphoric acid groups is 1. The summed E-state index contributed by atoms with van der Waals surface area (Å²) >= 11 is 0. The number of esters is 1. The first-order valence-corrected chi connectivity index (χ1v) is 9.84. The van der Waals surface area contributed by atoms with Crippen molar-refractivity contribution in [3.05, 3.63) is 24.3 Å². The summed E-state index contributed by atoms with van der Waals surface area (Å²) in [6.45, 7) is 4.53. The molecule has 2 amide bonds. The number of fused-ring (bicyclic) bond motifs is 5. The molecule has 0 aromatic heterocycles. The van der Waals surface area contributed by atoms with Gasteiger partial charge in [-0.05, 0) is 13.3 Å². The van der Waals surface area contributed by atoms with Crippen molar-refractivity contribution in [3.63, 3.8) is 0 Å². The number of ether oxygens (including phenoxy) is 2. The van der Waals surface area contributed by atoms with Crippen molar-refractivity contribution in [2.45, 2.75) is 25.0 Å². The van der Waals surface area contributed by atoms with Gasteiger partial charge in [-0.15, -0.1) is 0 Å². The van der Waals surface area contributed by atoms with Gasteiger partial charge in [0.2, 0.25) is 11.8 Å². The highest BCUT2D eigenvalue weighted by Crippen LogP contribution is 2.53. The Hall–Kier alpha value is -1.84. The lowest BCUT2D eigenvalue weighted by molar-refractivity contribution is -0.145. The van der Waals surface area contributed by atoms with E-state index in [0.717, 1.165) is 4.90 Å². The van der Waals surface area contributed by atoms with Gasteiger partial charge in [-0.25, -0.2) is 9.36 Å². The summed E-state index contributed by atoms with van der Waals surface area (Å²) in [5.41, 5.74) is -1.12. The Bertz CT molecular complexity index is 772. The quantitative estimate of drug-likeness (QED) is 0.143. The number of rotatable bonds is 8. The molecular weight excluding hydrogens is 381 g/mol. The highest BCUT2D eigenvalue weighted by atomic mass is 31.2. The lowest BCUT2D eigenvalue weighted by atomic mass is 9.77. The first-order valence-electron chi connectivity index (χ1n) is 8.31. The number of phosphoric ester groups is 1. The highest BCUT2D eigenvalue weighted by Gasteiger charge is 2.67. The largest absolute Gasteiger partial charge is 0.469 e. The summed E-state index contributed by atoms with van der Waals surface area (Å²) < 4.78 is 26.2. The second kappa shape index (κ2) is 6.96. The van der Waals surface area contributed by atoms with Gasteiger partial charge in [-0.3, -0.25) is 19.0 Å². The van der Waals surface area contributed by atoms with Crippen LogP contribution in [0.25, 0.3) is 0 Å². The summed E-state index contributed by atoms with van der Waals surface area (Å²) in [7, 11) is -4.76. The zero-order chi connectivity index (χ0) is 20.0. The van der Waals surface area contributed by atoms with Crippen molar-refractivity contribution >= 4 is 25.6 Å². The molecule has 3 aliphatic heterocycles. The Morgan fingerprint density at radius 2 is 2.11 bits per heavy atom. The van der Waals surface area contributed by atoms with Gasteiger partial charge in [-0.2, -0.15) is 0 Å². The monoisotopic (exact) mass is 401 g/mol. The van der Waals surface area contributed by atoms with Crippen LogP contribution in [0.2, 0.25) is 0 Å². The van der Waals surface area contributed by atoms with E-state index in [1.54, 1.807) is 6.08 Å². The Balaban J connectivity index is 1.65. The Labute approximate surface area is 155 Å². The second-order valence-electron chi connectivity index (χ2n) is 6.76. The molecule has 0 aromatic rings. The molecule has 2 bridgehead atoms. The number of likely N-dealkylation sites (tertiary alicyclic amines) is 1. The van der Waals surface area contributed by atoms with Gasteiger partial charge in [0.05, 0.1) is 31.2 Å². The van der Waals surface area contributed by atoms with Gasteiger partial charge in [-0.1, -0.05) is 18.7 Å². The van der Waals surface area contributed by atoms with Crippen LogP contribution in [0.15, 0.2) is 24.3 Å². The maximum absolute atomic E-state index is 12.8. The first kappa shape index (κ1) is 19.9. The lowest BCUT2D eigenvalue weighted by Crippen LogP contribution is -2.44. The summed E-state index contributed by atoms with van der Waals surface area (Å²) in [4.78, 5) is 55.7. The van der Waals surface area contributed by atoms with Gasteiger partial charge in [0.15, 0.2) is 0 Å². The molecular formula is C16H20NO9P. The molecule has 3 heterocycles. The van der Waals surface area contributed by atoms with E-state index in [1.807, 2.05) is 0 Å².